The number of pyridine rings is 1. The van der Waals surface area contributed by atoms with Crippen molar-refractivity contribution in [3.8, 4) is 0 Å². The minimum Gasteiger partial charge on any atom is -0.356 e. The lowest BCUT2D eigenvalue weighted by Crippen LogP contribution is -2.33. The van der Waals surface area contributed by atoms with E-state index in [-0.39, 0.29) is 5.91 Å². The molecule has 1 amide bonds. The Morgan fingerprint density at radius 2 is 1.96 bits per heavy atom. The molecular formula is C20H24N4O. The molecule has 0 unspecified atom stereocenters. The van der Waals surface area contributed by atoms with Gasteiger partial charge in [0.05, 0.1) is 5.56 Å². The van der Waals surface area contributed by atoms with Crippen molar-refractivity contribution in [3.63, 3.8) is 0 Å². The summed E-state index contributed by atoms with van der Waals surface area (Å²) in [5, 5.41) is 6.41. The molecule has 4 rings (SSSR count). The molecule has 0 spiro atoms. The Kier molecular flexibility index (Phi) is 4.65. The second-order valence-corrected chi connectivity index (χ2v) is 6.81. The fourth-order valence-electron chi connectivity index (χ4n) is 3.67. The van der Waals surface area contributed by atoms with E-state index in [1.165, 1.54) is 30.4 Å². The Bertz CT molecular complexity index is 768. The first-order valence-corrected chi connectivity index (χ1v) is 9.11. The normalized spacial score (nSPS) is 16.6. The summed E-state index contributed by atoms with van der Waals surface area (Å²) >= 11 is 0. The maximum Gasteiger partial charge on any atom is 0.255 e. The van der Waals surface area contributed by atoms with Gasteiger partial charge in [0.25, 0.3) is 5.91 Å². The lowest BCUT2D eigenvalue weighted by Gasteiger charge is -2.29. The van der Waals surface area contributed by atoms with Crippen molar-refractivity contribution in [2.45, 2.75) is 38.9 Å². The molecule has 1 aromatic heterocycles. The first-order chi connectivity index (χ1) is 12.3. The Balaban J connectivity index is 1.46. The molecule has 5 nitrogen and oxygen atoms in total. The molecule has 130 valence electrons. The molecule has 1 fully saturated rings. The first kappa shape index (κ1) is 16.1. The van der Waals surface area contributed by atoms with E-state index >= 15 is 0 Å². The van der Waals surface area contributed by atoms with Gasteiger partial charge in [-0.3, -0.25) is 4.79 Å². The van der Waals surface area contributed by atoms with E-state index < -0.39 is 0 Å². The Hall–Kier alpha value is -2.40. The van der Waals surface area contributed by atoms with E-state index in [9.17, 15) is 4.79 Å². The number of nitrogens with one attached hydrogen (secondary N) is 2. The van der Waals surface area contributed by atoms with Crippen molar-refractivity contribution in [2.75, 3.05) is 18.0 Å². The molecule has 1 saturated heterocycles. The van der Waals surface area contributed by atoms with E-state index in [1.807, 2.05) is 12.1 Å². The Morgan fingerprint density at radius 1 is 1.12 bits per heavy atom. The highest BCUT2D eigenvalue weighted by Gasteiger charge is 2.19. The lowest BCUT2D eigenvalue weighted by molar-refractivity contribution is 0.0951. The number of benzene rings is 1. The second kappa shape index (κ2) is 7.23. The number of anilines is 1. The summed E-state index contributed by atoms with van der Waals surface area (Å²) in [6.07, 6.45) is 5.37. The van der Waals surface area contributed by atoms with Gasteiger partial charge in [0.15, 0.2) is 0 Å². The topological polar surface area (TPSA) is 57.3 Å². The molecule has 2 aliphatic heterocycles. The molecule has 0 aliphatic carbocycles. The van der Waals surface area contributed by atoms with Gasteiger partial charge in [-0.2, -0.15) is 0 Å². The molecule has 2 aromatic rings. The molecule has 2 aliphatic rings. The predicted molar refractivity (Wildman–Crippen MR) is 98.5 cm³/mol. The van der Waals surface area contributed by atoms with Crippen molar-refractivity contribution in [3.05, 3.63) is 58.8 Å². The van der Waals surface area contributed by atoms with Crippen LogP contribution in [0.1, 0.15) is 46.3 Å². The van der Waals surface area contributed by atoms with E-state index in [0.29, 0.717) is 12.1 Å². The predicted octanol–water partition coefficient (Wildman–Crippen LogP) is 2.61. The van der Waals surface area contributed by atoms with Crippen molar-refractivity contribution in [1.29, 1.82) is 0 Å². The standard InChI is InChI=1S/C20H24N4O/c25-20(23-12-15-6-7-16-13-21-14-17(16)11-15)18-5-4-8-22-19(18)24-9-2-1-3-10-24/h4-8,11,21H,1-3,9-10,12-14H2,(H,23,25). The van der Waals surface area contributed by atoms with Crippen LogP contribution in [-0.2, 0) is 19.6 Å². The van der Waals surface area contributed by atoms with Gasteiger partial charge in [-0.15, -0.1) is 0 Å². The van der Waals surface area contributed by atoms with Crippen LogP contribution in [0.2, 0.25) is 0 Å². The van der Waals surface area contributed by atoms with Gasteiger partial charge in [0.2, 0.25) is 0 Å². The van der Waals surface area contributed by atoms with Crippen molar-refractivity contribution >= 4 is 11.7 Å². The molecule has 0 radical (unpaired) electrons. The quantitative estimate of drug-likeness (QED) is 0.901. The first-order valence-electron chi connectivity index (χ1n) is 9.11. The monoisotopic (exact) mass is 336 g/mol. The Labute approximate surface area is 148 Å². The SMILES string of the molecule is O=C(NCc1ccc2c(c1)CNC2)c1cccnc1N1CCCCC1. The van der Waals surface area contributed by atoms with Crippen LogP contribution in [0.15, 0.2) is 36.5 Å². The fourth-order valence-corrected chi connectivity index (χ4v) is 3.67. The van der Waals surface area contributed by atoms with Crippen molar-refractivity contribution in [1.82, 2.24) is 15.6 Å². The number of hydrogen-bond donors (Lipinski definition) is 2. The zero-order valence-electron chi connectivity index (χ0n) is 14.4. The van der Waals surface area contributed by atoms with E-state index in [0.717, 1.165) is 37.6 Å². The third kappa shape index (κ3) is 3.51. The van der Waals surface area contributed by atoms with Crippen LogP contribution in [0.25, 0.3) is 0 Å². The third-order valence-corrected chi connectivity index (χ3v) is 5.04. The van der Waals surface area contributed by atoms with Gasteiger partial charge in [0, 0.05) is 38.9 Å². The van der Waals surface area contributed by atoms with Gasteiger partial charge in [0.1, 0.15) is 5.82 Å². The van der Waals surface area contributed by atoms with Crippen LogP contribution in [-0.4, -0.2) is 24.0 Å². The number of hydrogen-bond acceptors (Lipinski definition) is 4. The maximum atomic E-state index is 12.7. The minimum atomic E-state index is -0.0488. The third-order valence-electron chi connectivity index (χ3n) is 5.04. The maximum absolute atomic E-state index is 12.7. The number of piperidine rings is 1. The molecule has 3 heterocycles. The van der Waals surface area contributed by atoms with E-state index in [4.69, 9.17) is 0 Å². The fraction of sp³-hybridized carbons (Fsp3) is 0.400. The summed E-state index contributed by atoms with van der Waals surface area (Å²) in [6.45, 7) is 4.36. The molecule has 1 aromatic carbocycles. The van der Waals surface area contributed by atoms with Gasteiger partial charge in [-0.05, 0) is 48.1 Å². The summed E-state index contributed by atoms with van der Waals surface area (Å²) in [7, 11) is 0. The van der Waals surface area contributed by atoms with Crippen LogP contribution >= 0.6 is 0 Å². The highest BCUT2D eigenvalue weighted by Crippen LogP contribution is 2.22. The van der Waals surface area contributed by atoms with E-state index in [1.54, 1.807) is 6.20 Å². The number of carbonyl (C=O) groups is 1. The van der Waals surface area contributed by atoms with Crippen LogP contribution in [0.4, 0.5) is 5.82 Å². The van der Waals surface area contributed by atoms with Gasteiger partial charge >= 0.3 is 0 Å². The van der Waals surface area contributed by atoms with Crippen LogP contribution in [0, 0.1) is 0 Å². The molecule has 5 heteroatoms. The number of amides is 1. The number of aromatic nitrogens is 1. The van der Waals surface area contributed by atoms with Crippen molar-refractivity contribution in [2.24, 2.45) is 0 Å². The summed E-state index contributed by atoms with van der Waals surface area (Å²) < 4.78 is 0. The van der Waals surface area contributed by atoms with E-state index in [2.05, 4.69) is 38.7 Å². The average Bonchev–Trinajstić information content (AvgIpc) is 3.14. The number of carbonyl (C=O) groups excluding carboxylic acids is 1. The van der Waals surface area contributed by atoms with Gasteiger partial charge in [-0.1, -0.05) is 18.2 Å². The molecule has 2 N–H and O–H groups in total. The summed E-state index contributed by atoms with van der Waals surface area (Å²) in [5.41, 5.74) is 4.50. The Morgan fingerprint density at radius 3 is 2.84 bits per heavy atom. The molecule has 0 atom stereocenters. The van der Waals surface area contributed by atoms with Crippen molar-refractivity contribution < 1.29 is 4.79 Å². The molecule has 0 bridgehead atoms. The van der Waals surface area contributed by atoms with Gasteiger partial charge < -0.3 is 15.5 Å². The largest absolute Gasteiger partial charge is 0.356 e. The summed E-state index contributed by atoms with van der Waals surface area (Å²) in [4.78, 5) is 19.4. The van der Waals surface area contributed by atoms with Crippen LogP contribution < -0.4 is 15.5 Å². The zero-order valence-corrected chi connectivity index (χ0v) is 14.4. The van der Waals surface area contributed by atoms with Gasteiger partial charge in [-0.25, -0.2) is 4.98 Å². The van der Waals surface area contributed by atoms with Crippen LogP contribution in [0.5, 0.6) is 0 Å². The lowest BCUT2D eigenvalue weighted by atomic mass is 10.1. The number of nitrogens with zero attached hydrogens (tertiary/aromatic N) is 2. The summed E-state index contributed by atoms with van der Waals surface area (Å²) in [5.74, 6) is 0.769. The molecular weight excluding hydrogens is 312 g/mol. The number of fused-ring (bicyclic) bond motifs is 1. The molecule has 0 saturated carbocycles. The zero-order chi connectivity index (χ0) is 17.1. The minimum absolute atomic E-state index is 0.0488. The average molecular weight is 336 g/mol. The highest BCUT2D eigenvalue weighted by atomic mass is 16.1. The molecule has 25 heavy (non-hydrogen) atoms. The summed E-state index contributed by atoms with van der Waals surface area (Å²) in [6, 6.07) is 10.1. The highest BCUT2D eigenvalue weighted by molar-refractivity contribution is 5.98. The van der Waals surface area contributed by atoms with Crippen LogP contribution in [0.3, 0.4) is 0 Å². The smallest absolute Gasteiger partial charge is 0.255 e. The number of rotatable bonds is 4. The second-order valence-electron chi connectivity index (χ2n) is 6.81.